The van der Waals surface area contributed by atoms with E-state index in [0.717, 1.165) is 42.3 Å². The van der Waals surface area contributed by atoms with E-state index in [1.807, 2.05) is 24.3 Å². The summed E-state index contributed by atoms with van der Waals surface area (Å²) >= 11 is 6.04. The second kappa shape index (κ2) is 12.8. The fraction of sp³-hybridized carbons (Fsp3) is 0.320. The molecule has 0 unspecified atom stereocenters. The zero-order valence-corrected chi connectivity index (χ0v) is 20.4. The molecule has 10 nitrogen and oxygen atoms in total. The van der Waals surface area contributed by atoms with Crippen LogP contribution in [0, 0.1) is 10.1 Å². The highest BCUT2D eigenvalue weighted by atomic mass is 35.5. The maximum Gasteiger partial charge on any atom is 0.269 e. The van der Waals surface area contributed by atoms with Gasteiger partial charge >= 0.3 is 0 Å². The van der Waals surface area contributed by atoms with E-state index in [2.05, 4.69) is 15.6 Å². The normalized spacial score (nSPS) is 16.9. The third-order valence-corrected chi connectivity index (χ3v) is 6.13. The van der Waals surface area contributed by atoms with Crippen LogP contribution >= 0.6 is 11.6 Å². The summed E-state index contributed by atoms with van der Waals surface area (Å²) in [4.78, 5) is 36.2. The lowest BCUT2D eigenvalue weighted by molar-refractivity contribution is -0.384. The SMILES string of the molecule is NC(=O)c1ccc([N+](=O)[O-])cc1.NCCC(=O)NC1CCC(Nc2ccnc3cc(Cl)ccc23)CC1. The molecule has 36 heavy (non-hydrogen) atoms. The monoisotopic (exact) mass is 512 g/mol. The van der Waals surface area contributed by atoms with Gasteiger partial charge < -0.3 is 22.1 Å². The van der Waals surface area contributed by atoms with Crippen molar-refractivity contribution >= 4 is 45.7 Å². The lowest BCUT2D eigenvalue weighted by atomic mass is 9.90. The molecule has 0 aliphatic heterocycles. The fourth-order valence-electron chi connectivity index (χ4n) is 4.03. The van der Waals surface area contributed by atoms with Gasteiger partial charge in [-0.3, -0.25) is 24.7 Å². The third kappa shape index (κ3) is 7.62. The molecular weight excluding hydrogens is 484 g/mol. The summed E-state index contributed by atoms with van der Waals surface area (Å²) in [7, 11) is 0. The molecule has 1 aliphatic carbocycles. The van der Waals surface area contributed by atoms with Crippen molar-refractivity contribution in [3.8, 4) is 0 Å². The van der Waals surface area contributed by atoms with Crippen LogP contribution in [-0.2, 0) is 4.79 Å². The van der Waals surface area contributed by atoms with Gasteiger partial charge in [-0.15, -0.1) is 0 Å². The Morgan fingerprint density at radius 1 is 1.06 bits per heavy atom. The molecule has 1 fully saturated rings. The van der Waals surface area contributed by atoms with Crippen LogP contribution in [0.2, 0.25) is 5.02 Å². The van der Waals surface area contributed by atoms with Crippen LogP contribution in [0.3, 0.4) is 0 Å². The number of amides is 2. The second-order valence-electron chi connectivity index (χ2n) is 8.49. The molecule has 11 heteroatoms. The summed E-state index contributed by atoms with van der Waals surface area (Å²) in [6.45, 7) is 0.405. The lowest BCUT2D eigenvalue weighted by Gasteiger charge is -2.30. The number of nitro groups is 1. The standard InChI is InChI=1S/C18H23ClN4O.C7H6N2O3/c19-12-1-6-15-16(8-10-21-17(15)11-12)22-13-2-4-14(5-3-13)23-18(24)7-9-20;8-7(10)5-1-3-6(4-2-5)9(11)12/h1,6,8,10-11,13-14H,2-5,7,9,20H2,(H,21,22)(H,23,24);1-4H,(H2,8,10). The molecule has 0 spiro atoms. The van der Waals surface area contributed by atoms with Gasteiger partial charge in [0.05, 0.1) is 10.4 Å². The van der Waals surface area contributed by atoms with E-state index in [9.17, 15) is 19.7 Å². The van der Waals surface area contributed by atoms with Crippen molar-refractivity contribution in [1.29, 1.82) is 0 Å². The number of hydrogen-bond acceptors (Lipinski definition) is 7. The second-order valence-corrected chi connectivity index (χ2v) is 8.92. The number of nitrogens with zero attached hydrogens (tertiary/aromatic N) is 2. The van der Waals surface area contributed by atoms with Crippen molar-refractivity contribution in [2.45, 2.75) is 44.2 Å². The summed E-state index contributed by atoms with van der Waals surface area (Å²) in [5, 5.41) is 18.6. The number of aromatic nitrogens is 1. The number of non-ortho nitro benzene ring substituents is 1. The quantitative estimate of drug-likeness (QED) is 0.276. The highest BCUT2D eigenvalue weighted by Crippen LogP contribution is 2.28. The summed E-state index contributed by atoms with van der Waals surface area (Å²) in [6, 6.07) is 13.6. The molecule has 0 atom stereocenters. The third-order valence-electron chi connectivity index (χ3n) is 5.89. The van der Waals surface area contributed by atoms with E-state index in [0.29, 0.717) is 24.0 Å². The summed E-state index contributed by atoms with van der Waals surface area (Å²) in [6.07, 6.45) is 6.25. The summed E-state index contributed by atoms with van der Waals surface area (Å²) in [5.74, 6) is -0.532. The minimum absolute atomic E-state index is 0.0556. The molecule has 2 amide bonds. The maximum absolute atomic E-state index is 11.6. The average Bonchev–Trinajstić information content (AvgIpc) is 2.86. The molecule has 2 aromatic carbocycles. The number of halogens is 1. The Morgan fingerprint density at radius 3 is 2.33 bits per heavy atom. The number of nitro benzene ring substituents is 1. The molecular formula is C25H29ClN6O4. The molecule has 1 aromatic heterocycles. The first-order chi connectivity index (χ1) is 17.3. The van der Waals surface area contributed by atoms with Gasteiger partial charge in [0.2, 0.25) is 11.8 Å². The molecule has 3 aromatic rings. The molecule has 1 heterocycles. The highest BCUT2D eigenvalue weighted by Gasteiger charge is 2.22. The number of nitrogens with two attached hydrogens (primary N) is 2. The van der Waals surface area contributed by atoms with E-state index in [-0.39, 0.29) is 23.2 Å². The molecule has 0 bridgehead atoms. The average molecular weight is 513 g/mol. The van der Waals surface area contributed by atoms with E-state index >= 15 is 0 Å². The van der Waals surface area contributed by atoms with Gasteiger partial charge in [0.1, 0.15) is 0 Å². The Kier molecular flexibility index (Phi) is 9.54. The first-order valence-corrected chi connectivity index (χ1v) is 12.0. The predicted octanol–water partition coefficient (Wildman–Crippen LogP) is 3.77. The van der Waals surface area contributed by atoms with E-state index in [4.69, 9.17) is 23.1 Å². The number of rotatable bonds is 7. The highest BCUT2D eigenvalue weighted by molar-refractivity contribution is 6.31. The van der Waals surface area contributed by atoms with Gasteiger partial charge in [0.25, 0.3) is 5.69 Å². The van der Waals surface area contributed by atoms with Crippen LogP contribution in [0.5, 0.6) is 0 Å². The Bertz CT molecular complexity index is 1180. The zero-order valence-electron chi connectivity index (χ0n) is 19.7. The van der Waals surface area contributed by atoms with Gasteiger partial charge in [-0.05, 0) is 62.1 Å². The maximum atomic E-state index is 11.6. The van der Waals surface area contributed by atoms with Crippen molar-refractivity contribution in [2.75, 3.05) is 11.9 Å². The lowest BCUT2D eigenvalue weighted by Crippen LogP contribution is -2.40. The van der Waals surface area contributed by atoms with Crippen molar-refractivity contribution in [3.05, 3.63) is 75.4 Å². The molecule has 0 radical (unpaired) electrons. The Balaban J connectivity index is 0.000000253. The number of benzene rings is 2. The Labute approximate surface area is 213 Å². The number of nitrogens with one attached hydrogen (secondary N) is 2. The summed E-state index contributed by atoms with van der Waals surface area (Å²) < 4.78 is 0. The topological polar surface area (TPSA) is 166 Å². The van der Waals surface area contributed by atoms with E-state index in [1.54, 1.807) is 6.20 Å². The number of pyridine rings is 1. The van der Waals surface area contributed by atoms with Crippen molar-refractivity contribution < 1.29 is 14.5 Å². The van der Waals surface area contributed by atoms with Crippen LogP contribution in [0.1, 0.15) is 42.5 Å². The smallest absolute Gasteiger partial charge is 0.269 e. The predicted molar refractivity (Wildman–Crippen MR) is 140 cm³/mol. The number of hydrogen-bond donors (Lipinski definition) is 4. The molecule has 1 saturated carbocycles. The molecule has 190 valence electrons. The molecule has 1 aliphatic rings. The minimum atomic E-state index is -0.593. The zero-order chi connectivity index (χ0) is 26.1. The number of primary amides is 1. The minimum Gasteiger partial charge on any atom is -0.382 e. The molecule has 6 N–H and O–H groups in total. The Morgan fingerprint density at radius 2 is 1.72 bits per heavy atom. The van der Waals surface area contributed by atoms with E-state index in [1.165, 1.54) is 24.3 Å². The van der Waals surface area contributed by atoms with Crippen molar-refractivity contribution in [3.63, 3.8) is 0 Å². The summed E-state index contributed by atoms with van der Waals surface area (Å²) in [5.41, 5.74) is 12.5. The van der Waals surface area contributed by atoms with Gasteiger partial charge in [-0.2, -0.15) is 0 Å². The van der Waals surface area contributed by atoms with Crippen LogP contribution < -0.4 is 22.1 Å². The van der Waals surface area contributed by atoms with Gasteiger partial charge in [0.15, 0.2) is 0 Å². The van der Waals surface area contributed by atoms with Gasteiger partial charge in [0, 0.05) is 65.0 Å². The van der Waals surface area contributed by atoms with Crippen molar-refractivity contribution in [2.24, 2.45) is 11.5 Å². The fourth-order valence-corrected chi connectivity index (χ4v) is 4.19. The molecule has 0 saturated heterocycles. The molecule has 4 rings (SSSR count). The van der Waals surface area contributed by atoms with Crippen LogP contribution in [0.25, 0.3) is 10.9 Å². The number of anilines is 1. The first kappa shape index (κ1) is 26.8. The largest absolute Gasteiger partial charge is 0.382 e. The number of fused-ring (bicyclic) bond motifs is 1. The van der Waals surface area contributed by atoms with Gasteiger partial charge in [-0.1, -0.05) is 11.6 Å². The van der Waals surface area contributed by atoms with Crippen LogP contribution in [0.15, 0.2) is 54.7 Å². The van der Waals surface area contributed by atoms with Crippen LogP contribution in [-0.4, -0.2) is 40.4 Å². The first-order valence-electron chi connectivity index (χ1n) is 11.6. The van der Waals surface area contributed by atoms with Gasteiger partial charge in [-0.25, -0.2) is 0 Å². The number of carbonyl (C=O) groups excluding carboxylic acids is 2. The van der Waals surface area contributed by atoms with Crippen LogP contribution in [0.4, 0.5) is 11.4 Å². The van der Waals surface area contributed by atoms with E-state index < -0.39 is 10.8 Å². The number of carbonyl (C=O) groups is 2. The Hall–Kier alpha value is -3.76. The van der Waals surface area contributed by atoms with Crippen molar-refractivity contribution in [1.82, 2.24) is 10.3 Å².